The molecule has 0 unspecified atom stereocenters. The molecule has 0 aromatic carbocycles. The maximum atomic E-state index is 12.3. The molecule has 0 aliphatic rings. The summed E-state index contributed by atoms with van der Waals surface area (Å²) in [5.41, 5.74) is 1.41. The molecule has 0 spiro atoms. The molecule has 0 atom stereocenters. The van der Waals surface area contributed by atoms with Gasteiger partial charge in [-0.3, -0.25) is 9.78 Å². The first kappa shape index (κ1) is 15.3. The fourth-order valence-electron chi connectivity index (χ4n) is 2.29. The minimum absolute atomic E-state index is 0.198. The van der Waals surface area contributed by atoms with Gasteiger partial charge in [0.1, 0.15) is 5.69 Å². The predicted octanol–water partition coefficient (Wildman–Crippen LogP) is 3.38. The summed E-state index contributed by atoms with van der Waals surface area (Å²) >= 11 is 1.52. The Bertz CT molecular complexity index is 977. The van der Waals surface area contributed by atoms with E-state index in [1.54, 1.807) is 36.9 Å². The number of carbonyl (C=O) groups excluding carboxylic acids is 1. The molecule has 1 amide bonds. The minimum Gasteiger partial charge on any atom is -0.463 e. The molecule has 124 valence electrons. The largest absolute Gasteiger partial charge is 0.463 e. The number of furan rings is 1. The van der Waals surface area contributed by atoms with Crippen molar-refractivity contribution >= 4 is 17.2 Å². The van der Waals surface area contributed by atoms with Crippen molar-refractivity contribution in [1.29, 1.82) is 0 Å². The summed E-state index contributed by atoms with van der Waals surface area (Å²) in [6.45, 7) is 0.198. The van der Waals surface area contributed by atoms with Gasteiger partial charge in [-0.05, 0) is 23.6 Å². The molecular formula is C17H12N4O3S. The van der Waals surface area contributed by atoms with Gasteiger partial charge < -0.3 is 14.3 Å². The van der Waals surface area contributed by atoms with Gasteiger partial charge in [-0.2, -0.15) is 0 Å². The first-order valence-electron chi connectivity index (χ1n) is 7.44. The van der Waals surface area contributed by atoms with Crippen molar-refractivity contribution in [2.24, 2.45) is 0 Å². The number of thiophene rings is 1. The Morgan fingerprint density at radius 3 is 2.88 bits per heavy atom. The average molecular weight is 352 g/mol. The molecule has 4 heterocycles. The monoisotopic (exact) mass is 352 g/mol. The van der Waals surface area contributed by atoms with E-state index in [0.717, 1.165) is 4.88 Å². The van der Waals surface area contributed by atoms with E-state index < -0.39 is 0 Å². The Hall–Kier alpha value is -3.26. The highest BCUT2D eigenvalue weighted by molar-refractivity contribution is 7.13. The molecule has 0 radical (unpaired) electrons. The van der Waals surface area contributed by atoms with Crippen LogP contribution in [0.5, 0.6) is 0 Å². The maximum Gasteiger partial charge on any atom is 0.273 e. The van der Waals surface area contributed by atoms with Crippen LogP contribution in [0.1, 0.15) is 16.2 Å². The quantitative estimate of drug-likeness (QED) is 0.592. The molecule has 4 aromatic rings. The van der Waals surface area contributed by atoms with E-state index in [2.05, 4.69) is 20.4 Å². The summed E-state index contributed by atoms with van der Waals surface area (Å²) in [6, 6.07) is 8.99. The lowest BCUT2D eigenvalue weighted by molar-refractivity contribution is 0.0941. The maximum absolute atomic E-state index is 12.3. The van der Waals surface area contributed by atoms with E-state index in [4.69, 9.17) is 8.94 Å². The van der Waals surface area contributed by atoms with Crippen LogP contribution in [0.2, 0.25) is 0 Å². The van der Waals surface area contributed by atoms with Crippen LogP contribution in [0, 0.1) is 0 Å². The molecule has 4 rings (SSSR count). The van der Waals surface area contributed by atoms with Crippen LogP contribution >= 0.6 is 11.3 Å². The molecule has 0 bridgehead atoms. The molecule has 0 aliphatic heterocycles. The number of amides is 1. The first-order valence-corrected chi connectivity index (χ1v) is 8.32. The molecule has 0 aliphatic carbocycles. The highest BCUT2D eigenvalue weighted by Crippen LogP contribution is 2.25. The lowest BCUT2D eigenvalue weighted by Crippen LogP contribution is -2.24. The summed E-state index contributed by atoms with van der Waals surface area (Å²) in [5, 5.41) is 8.53. The van der Waals surface area contributed by atoms with E-state index in [0.29, 0.717) is 22.9 Å². The average Bonchev–Trinajstić information content (AvgIpc) is 3.41. The van der Waals surface area contributed by atoms with Crippen LogP contribution in [-0.2, 0) is 6.54 Å². The molecule has 0 fully saturated rings. The molecule has 0 saturated heterocycles. The highest BCUT2D eigenvalue weighted by Gasteiger charge is 2.16. The topological polar surface area (TPSA) is 94.1 Å². The van der Waals surface area contributed by atoms with Gasteiger partial charge >= 0.3 is 0 Å². The van der Waals surface area contributed by atoms with Gasteiger partial charge in [0.2, 0.25) is 0 Å². The van der Waals surface area contributed by atoms with Crippen LogP contribution in [0.15, 0.2) is 63.3 Å². The van der Waals surface area contributed by atoms with Crippen LogP contribution in [0.4, 0.5) is 0 Å². The van der Waals surface area contributed by atoms with E-state index in [-0.39, 0.29) is 18.1 Å². The lowest BCUT2D eigenvalue weighted by Gasteiger charge is -2.06. The fourth-order valence-corrected chi connectivity index (χ4v) is 2.96. The Kier molecular flexibility index (Phi) is 4.09. The van der Waals surface area contributed by atoms with Crippen molar-refractivity contribution in [3.8, 4) is 22.1 Å². The van der Waals surface area contributed by atoms with Crippen molar-refractivity contribution in [2.75, 3.05) is 0 Å². The zero-order valence-electron chi connectivity index (χ0n) is 12.9. The van der Waals surface area contributed by atoms with E-state index >= 15 is 0 Å². The van der Waals surface area contributed by atoms with Crippen LogP contribution in [0.25, 0.3) is 22.1 Å². The number of carbonyl (C=O) groups is 1. The molecule has 0 saturated carbocycles. The number of rotatable bonds is 5. The van der Waals surface area contributed by atoms with Crippen molar-refractivity contribution in [3.05, 3.63) is 65.8 Å². The summed E-state index contributed by atoms with van der Waals surface area (Å²) in [6.07, 6.45) is 4.71. The Balaban J connectivity index is 1.48. The zero-order chi connectivity index (χ0) is 17.1. The summed E-state index contributed by atoms with van der Waals surface area (Å²) < 4.78 is 10.6. The van der Waals surface area contributed by atoms with E-state index in [1.165, 1.54) is 11.3 Å². The Morgan fingerprint density at radius 2 is 2.08 bits per heavy atom. The smallest absolute Gasteiger partial charge is 0.273 e. The Morgan fingerprint density at radius 1 is 1.16 bits per heavy atom. The molecule has 25 heavy (non-hydrogen) atoms. The van der Waals surface area contributed by atoms with Crippen molar-refractivity contribution in [3.63, 3.8) is 0 Å². The molecule has 7 nitrogen and oxygen atoms in total. The van der Waals surface area contributed by atoms with Crippen LogP contribution in [0.3, 0.4) is 0 Å². The van der Waals surface area contributed by atoms with Crippen molar-refractivity contribution < 1.29 is 13.7 Å². The highest BCUT2D eigenvalue weighted by atomic mass is 32.1. The number of nitrogens with one attached hydrogen (secondary N) is 1. The van der Waals surface area contributed by atoms with Crippen LogP contribution < -0.4 is 5.32 Å². The third kappa shape index (κ3) is 3.20. The lowest BCUT2D eigenvalue weighted by atomic mass is 10.2. The summed E-state index contributed by atoms with van der Waals surface area (Å²) in [5.74, 6) is 0.817. The third-order valence-corrected chi connectivity index (χ3v) is 4.34. The molecule has 1 N–H and O–H groups in total. The van der Waals surface area contributed by atoms with Crippen molar-refractivity contribution in [1.82, 2.24) is 20.4 Å². The molecular weight excluding hydrogens is 340 g/mol. The Labute approximate surface area is 146 Å². The van der Waals surface area contributed by atoms with Gasteiger partial charge in [-0.15, -0.1) is 11.3 Å². The summed E-state index contributed by atoms with van der Waals surface area (Å²) in [4.78, 5) is 21.8. The standard InChI is InChI=1S/C17H12N4O3S/c22-17(11-9-14(24-21-11)15-4-2-8-25-15)20-10-12-16(19-6-5-18-12)13-3-1-7-23-13/h1-9H,10H2,(H,20,22). The third-order valence-electron chi connectivity index (χ3n) is 3.45. The first-order chi connectivity index (χ1) is 12.3. The number of hydrogen-bond donors (Lipinski definition) is 1. The van der Waals surface area contributed by atoms with Gasteiger partial charge in [0.25, 0.3) is 5.91 Å². The van der Waals surface area contributed by atoms with Gasteiger partial charge in [0, 0.05) is 18.5 Å². The second-order valence-corrected chi connectivity index (χ2v) is 6.01. The number of aromatic nitrogens is 3. The minimum atomic E-state index is -0.345. The second kappa shape index (κ2) is 6.70. The fraction of sp³-hybridized carbons (Fsp3) is 0.0588. The predicted molar refractivity (Wildman–Crippen MR) is 90.7 cm³/mol. The summed E-state index contributed by atoms with van der Waals surface area (Å²) in [7, 11) is 0. The molecule has 4 aromatic heterocycles. The van der Waals surface area contributed by atoms with Crippen molar-refractivity contribution in [2.45, 2.75) is 6.54 Å². The van der Waals surface area contributed by atoms with Gasteiger partial charge in [0.05, 0.1) is 23.4 Å². The number of nitrogens with zero attached hydrogens (tertiary/aromatic N) is 3. The van der Waals surface area contributed by atoms with Gasteiger partial charge in [-0.1, -0.05) is 11.2 Å². The zero-order valence-corrected chi connectivity index (χ0v) is 13.7. The number of hydrogen-bond acceptors (Lipinski definition) is 7. The van der Waals surface area contributed by atoms with E-state index in [1.807, 2.05) is 17.5 Å². The van der Waals surface area contributed by atoms with Gasteiger partial charge in [-0.25, -0.2) is 4.98 Å². The normalized spacial score (nSPS) is 10.7. The second-order valence-electron chi connectivity index (χ2n) is 5.07. The molecule has 8 heteroatoms. The van der Waals surface area contributed by atoms with E-state index in [9.17, 15) is 4.79 Å². The SMILES string of the molecule is O=C(NCc1nccnc1-c1ccco1)c1cc(-c2cccs2)on1. The van der Waals surface area contributed by atoms with Crippen LogP contribution in [-0.4, -0.2) is 21.0 Å². The van der Waals surface area contributed by atoms with Gasteiger partial charge in [0.15, 0.2) is 17.2 Å².